The monoisotopic (exact) mass is 430 g/mol. The zero-order chi connectivity index (χ0) is 19.7. The number of rotatable bonds is 4. The van der Waals surface area contributed by atoms with Crippen LogP contribution in [0.5, 0.6) is 0 Å². The zero-order valence-corrected chi connectivity index (χ0v) is 16.1. The summed E-state index contributed by atoms with van der Waals surface area (Å²) in [6.45, 7) is 0. The van der Waals surface area contributed by atoms with Gasteiger partial charge >= 0.3 is 0 Å². The molecular formula is C18H15BrN4O4. The minimum atomic E-state index is -0.570. The van der Waals surface area contributed by atoms with Gasteiger partial charge in [0.25, 0.3) is 17.5 Å². The average Bonchev–Trinajstić information content (AvgIpc) is 2.90. The molecule has 0 aromatic heterocycles. The van der Waals surface area contributed by atoms with Crippen LogP contribution >= 0.6 is 15.9 Å². The molecule has 1 N–H and O–H groups in total. The van der Waals surface area contributed by atoms with Gasteiger partial charge in [-0.15, -0.1) is 0 Å². The molecular weight excluding hydrogens is 416 g/mol. The van der Waals surface area contributed by atoms with Gasteiger partial charge in [-0.2, -0.15) is 0 Å². The summed E-state index contributed by atoms with van der Waals surface area (Å²) in [7, 11) is 3.54. The Bertz CT molecular complexity index is 970. The minimum Gasteiger partial charge on any atom is -0.377 e. The summed E-state index contributed by atoms with van der Waals surface area (Å²) in [5, 5.41) is 12.2. The minimum absolute atomic E-state index is 0.0958. The van der Waals surface area contributed by atoms with E-state index < -0.39 is 16.7 Å². The van der Waals surface area contributed by atoms with Crippen molar-refractivity contribution in [1.29, 1.82) is 0 Å². The van der Waals surface area contributed by atoms with Crippen molar-refractivity contribution >= 4 is 50.9 Å². The van der Waals surface area contributed by atoms with E-state index >= 15 is 0 Å². The molecule has 2 aromatic carbocycles. The van der Waals surface area contributed by atoms with Crippen LogP contribution in [0.4, 0.5) is 17.1 Å². The van der Waals surface area contributed by atoms with Crippen molar-refractivity contribution < 1.29 is 14.5 Å². The van der Waals surface area contributed by atoms with Gasteiger partial charge in [-0.05, 0) is 36.4 Å². The first-order valence-electron chi connectivity index (χ1n) is 7.86. The Kier molecular flexibility index (Phi) is 4.95. The van der Waals surface area contributed by atoms with Gasteiger partial charge in [-0.25, -0.2) is 5.01 Å². The van der Waals surface area contributed by atoms with Crippen molar-refractivity contribution in [1.82, 2.24) is 5.43 Å². The highest BCUT2D eigenvalue weighted by Crippen LogP contribution is 2.29. The maximum Gasteiger partial charge on any atom is 0.282 e. The predicted molar refractivity (Wildman–Crippen MR) is 105 cm³/mol. The first-order chi connectivity index (χ1) is 12.8. The third-order valence-corrected chi connectivity index (χ3v) is 4.51. The van der Waals surface area contributed by atoms with Crippen LogP contribution in [0.3, 0.4) is 0 Å². The third-order valence-electron chi connectivity index (χ3n) is 3.98. The number of hydrogen-bond donors (Lipinski definition) is 1. The molecule has 1 saturated heterocycles. The van der Waals surface area contributed by atoms with Crippen LogP contribution in [0.1, 0.15) is 5.56 Å². The number of nitrogens with one attached hydrogen (secondary N) is 1. The summed E-state index contributed by atoms with van der Waals surface area (Å²) in [5.41, 5.74) is 3.85. The molecule has 1 aliphatic rings. The molecule has 9 heteroatoms. The number of nitro benzene ring substituents is 1. The van der Waals surface area contributed by atoms with Crippen molar-refractivity contribution in [2.75, 3.05) is 24.0 Å². The number of halogens is 1. The summed E-state index contributed by atoms with van der Waals surface area (Å²) < 4.78 is 0.840. The first-order valence-corrected chi connectivity index (χ1v) is 8.65. The Labute approximate surface area is 163 Å². The highest BCUT2D eigenvalue weighted by atomic mass is 79.9. The van der Waals surface area contributed by atoms with E-state index in [1.807, 2.05) is 0 Å². The predicted octanol–water partition coefficient (Wildman–Crippen LogP) is 2.88. The third kappa shape index (κ3) is 3.68. The van der Waals surface area contributed by atoms with Crippen LogP contribution in [-0.2, 0) is 9.59 Å². The highest BCUT2D eigenvalue weighted by molar-refractivity contribution is 9.10. The summed E-state index contributed by atoms with van der Waals surface area (Å²) in [4.78, 5) is 37.4. The molecule has 138 valence electrons. The van der Waals surface area contributed by atoms with Gasteiger partial charge in [-0.3, -0.25) is 25.1 Å². The maximum absolute atomic E-state index is 12.7. The molecule has 2 aromatic rings. The van der Waals surface area contributed by atoms with Gasteiger partial charge in [0.05, 0.1) is 10.6 Å². The van der Waals surface area contributed by atoms with Crippen LogP contribution in [0, 0.1) is 10.1 Å². The van der Waals surface area contributed by atoms with Gasteiger partial charge in [0.15, 0.2) is 0 Å². The largest absolute Gasteiger partial charge is 0.377 e. The molecule has 8 nitrogen and oxygen atoms in total. The van der Waals surface area contributed by atoms with Crippen molar-refractivity contribution in [3.63, 3.8) is 0 Å². The number of amides is 2. The molecule has 0 atom stereocenters. The summed E-state index contributed by atoms with van der Waals surface area (Å²) in [5.74, 6) is -1.10. The fourth-order valence-corrected chi connectivity index (χ4v) is 2.93. The second-order valence-corrected chi connectivity index (χ2v) is 6.93. The van der Waals surface area contributed by atoms with Gasteiger partial charge in [0.2, 0.25) is 0 Å². The lowest BCUT2D eigenvalue weighted by Crippen LogP contribution is -2.35. The molecule has 0 aliphatic carbocycles. The summed E-state index contributed by atoms with van der Waals surface area (Å²) in [6, 6.07) is 11.2. The lowest BCUT2D eigenvalue weighted by Gasteiger charge is -2.16. The second-order valence-electron chi connectivity index (χ2n) is 6.01. The normalized spacial score (nSPS) is 15.2. The molecule has 2 amide bonds. The second kappa shape index (κ2) is 7.20. The quantitative estimate of drug-likeness (QED) is 0.348. The van der Waals surface area contributed by atoms with Crippen molar-refractivity contribution in [2.45, 2.75) is 0 Å². The molecule has 1 heterocycles. The molecule has 0 saturated carbocycles. The van der Waals surface area contributed by atoms with Crippen LogP contribution in [0.2, 0.25) is 0 Å². The molecule has 3 rings (SSSR count). The smallest absolute Gasteiger partial charge is 0.282 e. The van der Waals surface area contributed by atoms with Crippen molar-refractivity contribution in [3.05, 3.63) is 68.2 Å². The number of benzene rings is 2. The van der Waals surface area contributed by atoms with Crippen LogP contribution in [0.15, 0.2) is 52.5 Å². The number of carbonyl (C=O) groups excluding carboxylic acids is 2. The van der Waals surface area contributed by atoms with Gasteiger partial charge in [0.1, 0.15) is 5.57 Å². The average molecular weight is 431 g/mol. The number of carbonyl (C=O) groups is 2. The number of nitrogens with zero attached hydrogens (tertiary/aromatic N) is 3. The number of hydrazine groups is 1. The van der Waals surface area contributed by atoms with Gasteiger partial charge in [-0.1, -0.05) is 15.9 Å². The fourth-order valence-electron chi connectivity index (χ4n) is 2.66. The lowest BCUT2D eigenvalue weighted by atomic mass is 10.1. The van der Waals surface area contributed by atoms with E-state index in [0.29, 0.717) is 16.9 Å². The Morgan fingerprint density at radius 2 is 1.81 bits per heavy atom. The zero-order valence-electron chi connectivity index (χ0n) is 14.5. The van der Waals surface area contributed by atoms with E-state index in [4.69, 9.17) is 0 Å². The van der Waals surface area contributed by atoms with Crippen molar-refractivity contribution in [2.24, 2.45) is 0 Å². The van der Waals surface area contributed by atoms with E-state index in [2.05, 4.69) is 21.4 Å². The standard InChI is InChI=1S/C18H15BrN4O4/c1-21(2)16-8-7-14(23(26)27)9-11(16)10-15-17(24)20-22(18(15)25)13-5-3-12(19)4-6-13/h3-10H,1-2H3,(H,20,24). The molecule has 0 bridgehead atoms. The Morgan fingerprint density at radius 3 is 2.41 bits per heavy atom. The lowest BCUT2D eigenvalue weighted by molar-refractivity contribution is -0.384. The molecule has 1 fully saturated rings. The van der Waals surface area contributed by atoms with E-state index in [9.17, 15) is 19.7 Å². The highest BCUT2D eigenvalue weighted by Gasteiger charge is 2.34. The van der Waals surface area contributed by atoms with E-state index in [-0.39, 0.29) is 11.3 Å². The number of non-ortho nitro benzene ring substituents is 1. The van der Waals surface area contributed by atoms with Crippen molar-refractivity contribution in [3.8, 4) is 0 Å². The molecule has 0 unspecified atom stereocenters. The topological polar surface area (TPSA) is 95.8 Å². The fraction of sp³-hybridized carbons (Fsp3) is 0.111. The molecule has 1 aliphatic heterocycles. The summed E-state index contributed by atoms with van der Waals surface area (Å²) in [6.07, 6.45) is 1.37. The Morgan fingerprint density at radius 1 is 1.15 bits per heavy atom. The molecule has 0 spiro atoms. The van der Waals surface area contributed by atoms with Gasteiger partial charge in [0, 0.05) is 42.0 Å². The van der Waals surface area contributed by atoms with Gasteiger partial charge < -0.3 is 4.90 Å². The first kappa shape index (κ1) is 18.6. The summed E-state index contributed by atoms with van der Waals surface area (Å²) >= 11 is 3.32. The Balaban J connectivity index is 2.03. The Hall–Kier alpha value is -3.20. The SMILES string of the molecule is CN(C)c1ccc([N+](=O)[O-])cc1C=C1C(=O)NN(c2ccc(Br)cc2)C1=O. The van der Waals surface area contributed by atoms with Crippen LogP contribution in [0.25, 0.3) is 6.08 Å². The van der Waals surface area contributed by atoms with E-state index in [1.165, 1.54) is 18.2 Å². The van der Waals surface area contributed by atoms with Crippen LogP contribution < -0.4 is 15.3 Å². The van der Waals surface area contributed by atoms with E-state index in [0.717, 1.165) is 9.48 Å². The molecule has 0 radical (unpaired) electrons. The number of nitro groups is 1. The number of anilines is 2. The number of hydrogen-bond acceptors (Lipinski definition) is 5. The van der Waals surface area contributed by atoms with Crippen LogP contribution in [-0.4, -0.2) is 30.8 Å². The molecule has 27 heavy (non-hydrogen) atoms. The maximum atomic E-state index is 12.7. The van der Waals surface area contributed by atoms with E-state index in [1.54, 1.807) is 49.3 Å².